The average Bonchev–Trinajstić information content (AvgIpc) is 2.41. The molecule has 0 aliphatic carbocycles. The Hall–Kier alpha value is -0.970. The summed E-state index contributed by atoms with van der Waals surface area (Å²) >= 11 is 5.28. The van der Waals surface area contributed by atoms with E-state index in [9.17, 15) is 0 Å². The van der Waals surface area contributed by atoms with Crippen LogP contribution >= 0.6 is 27.7 Å². The summed E-state index contributed by atoms with van der Waals surface area (Å²) in [6.45, 7) is 2.96. The van der Waals surface area contributed by atoms with Crippen molar-refractivity contribution in [3.63, 3.8) is 0 Å². The zero-order chi connectivity index (χ0) is 15.4. The van der Waals surface area contributed by atoms with Crippen LogP contribution in [0.4, 0.5) is 0 Å². The number of rotatable bonds is 5. The molecule has 0 saturated carbocycles. The second-order valence-corrected chi connectivity index (χ2v) is 6.99. The third-order valence-electron chi connectivity index (χ3n) is 3.10. The van der Waals surface area contributed by atoms with Gasteiger partial charge in [0.2, 0.25) is 0 Å². The number of nitrogens with zero attached hydrogens (tertiary/aromatic N) is 1. The van der Waals surface area contributed by atoms with Crippen LogP contribution in [-0.4, -0.2) is 25.3 Å². The first kappa shape index (κ1) is 16.4. The van der Waals surface area contributed by atoms with Crippen molar-refractivity contribution in [3.05, 3.63) is 52.0 Å². The molecule has 112 valence electrons. The van der Waals surface area contributed by atoms with E-state index in [4.69, 9.17) is 4.74 Å². The van der Waals surface area contributed by atoms with Crippen molar-refractivity contribution in [1.29, 1.82) is 0 Å². The normalized spacial score (nSPS) is 11.0. The summed E-state index contributed by atoms with van der Waals surface area (Å²) in [5.41, 5.74) is 2.41. The van der Waals surface area contributed by atoms with Crippen molar-refractivity contribution in [2.45, 2.75) is 18.4 Å². The Bertz CT molecular complexity index is 628. The Labute approximate surface area is 139 Å². The summed E-state index contributed by atoms with van der Waals surface area (Å²) < 4.78 is 7.16. The predicted octanol–water partition coefficient (Wildman–Crippen LogP) is 5.33. The zero-order valence-corrected chi connectivity index (χ0v) is 15.2. The smallest absolute Gasteiger partial charge is 0.132 e. The average molecular weight is 366 g/mol. The van der Waals surface area contributed by atoms with E-state index in [1.165, 1.54) is 16.0 Å². The fourth-order valence-electron chi connectivity index (χ4n) is 2.15. The first-order chi connectivity index (χ1) is 9.99. The van der Waals surface area contributed by atoms with Gasteiger partial charge in [-0.25, -0.2) is 0 Å². The lowest BCUT2D eigenvalue weighted by Crippen LogP contribution is -2.11. The van der Waals surface area contributed by atoms with Gasteiger partial charge in [-0.2, -0.15) is 0 Å². The van der Waals surface area contributed by atoms with Crippen LogP contribution < -0.4 is 4.74 Å². The minimum absolute atomic E-state index is 0.844. The van der Waals surface area contributed by atoms with Crippen LogP contribution in [0.25, 0.3) is 0 Å². The van der Waals surface area contributed by atoms with E-state index in [1.807, 2.05) is 18.2 Å². The molecule has 0 aliphatic heterocycles. The fourth-order valence-corrected chi connectivity index (χ4v) is 3.15. The van der Waals surface area contributed by atoms with Crippen LogP contribution in [0.1, 0.15) is 11.1 Å². The lowest BCUT2D eigenvalue weighted by Gasteiger charge is -2.16. The molecule has 0 aliphatic rings. The maximum absolute atomic E-state index is 6.09. The van der Waals surface area contributed by atoms with E-state index >= 15 is 0 Å². The zero-order valence-electron chi connectivity index (χ0n) is 12.8. The second kappa shape index (κ2) is 7.34. The van der Waals surface area contributed by atoms with Crippen molar-refractivity contribution < 1.29 is 4.74 Å². The molecular weight excluding hydrogens is 346 g/mol. The Morgan fingerprint density at radius 2 is 1.90 bits per heavy atom. The maximum Gasteiger partial charge on any atom is 0.132 e. The number of hydrogen-bond donors (Lipinski definition) is 0. The van der Waals surface area contributed by atoms with Gasteiger partial charge in [-0.1, -0.05) is 15.9 Å². The standard InChI is InChI=1S/C17H20BrNOS/c1-12-9-15(6-8-17(12)21-4)20-16-7-5-14(18)10-13(16)11-19(2)3/h5-10H,11H2,1-4H3. The van der Waals surface area contributed by atoms with Gasteiger partial charge in [-0.15, -0.1) is 11.8 Å². The van der Waals surface area contributed by atoms with Crippen LogP contribution in [0.5, 0.6) is 11.5 Å². The molecule has 0 spiro atoms. The highest BCUT2D eigenvalue weighted by molar-refractivity contribution is 9.10. The molecular formula is C17H20BrNOS. The van der Waals surface area contributed by atoms with Gasteiger partial charge >= 0.3 is 0 Å². The van der Waals surface area contributed by atoms with Gasteiger partial charge in [0, 0.05) is 21.5 Å². The van der Waals surface area contributed by atoms with Crippen LogP contribution in [-0.2, 0) is 6.54 Å². The molecule has 0 aromatic heterocycles. The molecule has 0 saturated heterocycles. The molecule has 2 nitrogen and oxygen atoms in total. The van der Waals surface area contributed by atoms with Crippen molar-refractivity contribution in [1.82, 2.24) is 4.90 Å². The summed E-state index contributed by atoms with van der Waals surface area (Å²) in [6.07, 6.45) is 2.09. The van der Waals surface area contributed by atoms with Crippen LogP contribution in [0.15, 0.2) is 45.8 Å². The van der Waals surface area contributed by atoms with Crippen LogP contribution in [0.3, 0.4) is 0 Å². The molecule has 0 unspecified atom stereocenters. The van der Waals surface area contributed by atoms with Crippen molar-refractivity contribution >= 4 is 27.7 Å². The summed E-state index contributed by atoms with van der Waals surface area (Å²) in [5, 5.41) is 0. The molecule has 2 aromatic carbocycles. The van der Waals surface area contributed by atoms with Gasteiger partial charge < -0.3 is 9.64 Å². The monoisotopic (exact) mass is 365 g/mol. The summed E-state index contributed by atoms with van der Waals surface area (Å²) in [6, 6.07) is 12.4. The number of benzene rings is 2. The van der Waals surface area contributed by atoms with Crippen LogP contribution in [0.2, 0.25) is 0 Å². The van der Waals surface area contributed by atoms with Gasteiger partial charge in [0.05, 0.1) is 0 Å². The quantitative estimate of drug-likeness (QED) is 0.664. The lowest BCUT2D eigenvalue weighted by atomic mass is 10.2. The van der Waals surface area contributed by atoms with E-state index in [0.29, 0.717) is 0 Å². The predicted molar refractivity (Wildman–Crippen MR) is 94.6 cm³/mol. The highest BCUT2D eigenvalue weighted by atomic mass is 79.9. The molecule has 2 rings (SSSR count). The number of hydrogen-bond acceptors (Lipinski definition) is 3. The molecule has 0 fully saturated rings. The third kappa shape index (κ3) is 4.50. The van der Waals surface area contributed by atoms with E-state index in [0.717, 1.165) is 22.5 Å². The Morgan fingerprint density at radius 1 is 1.14 bits per heavy atom. The molecule has 4 heteroatoms. The Morgan fingerprint density at radius 3 is 2.52 bits per heavy atom. The van der Waals surface area contributed by atoms with Gasteiger partial charge in [0.25, 0.3) is 0 Å². The number of ether oxygens (including phenoxy) is 1. The van der Waals surface area contributed by atoms with E-state index in [-0.39, 0.29) is 0 Å². The minimum atomic E-state index is 0.844. The fraction of sp³-hybridized carbons (Fsp3) is 0.294. The molecule has 2 aromatic rings. The minimum Gasteiger partial charge on any atom is -0.457 e. The topological polar surface area (TPSA) is 12.5 Å². The molecule has 0 bridgehead atoms. The molecule has 0 amide bonds. The summed E-state index contributed by atoms with van der Waals surface area (Å²) in [5.74, 6) is 1.79. The number of thioether (sulfide) groups is 1. The Kier molecular flexibility index (Phi) is 5.73. The van der Waals surface area contributed by atoms with E-state index < -0.39 is 0 Å². The third-order valence-corrected chi connectivity index (χ3v) is 4.49. The highest BCUT2D eigenvalue weighted by Crippen LogP contribution is 2.31. The first-order valence-corrected chi connectivity index (χ1v) is 8.77. The van der Waals surface area contributed by atoms with Gasteiger partial charge in [0.1, 0.15) is 11.5 Å². The molecule has 0 N–H and O–H groups in total. The molecule has 0 radical (unpaired) electrons. The summed E-state index contributed by atoms with van der Waals surface area (Å²) in [7, 11) is 4.12. The van der Waals surface area contributed by atoms with Gasteiger partial charge in [-0.05, 0) is 69.2 Å². The van der Waals surface area contributed by atoms with Crippen molar-refractivity contribution in [3.8, 4) is 11.5 Å². The largest absolute Gasteiger partial charge is 0.457 e. The Balaban J connectivity index is 2.28. The molecule has 0 atom stereocenters. The molecule has 21 heavy (non-hydrogen) atoms. The highest BCUT2D eigenvalue weighted by Gasteiger charge is 2.08. The second-order valence-electron chi connectivity index (χ2n) is 5.22. The van der Waals surface area contributed by atoms with E-state index in [2.05, 4.69) is 66.3 Å². The summed E-state index contributed by atoms with van der Waals surface area (Å²) in [4.78, 5) is 3.42. The first-order valence-electron chi connectivity index (χ1n) is 6.75. The van der Waals surface area contributed by atoms with Gasteiger partial charge in [-0.3, -0.25) is 0 Å². The number of halogens is 1. The molecule has 0 heterocycles. The maximum atomic E-state index is 6.09. The number of aryl methyl sites for hydroxylation is 1. The van der Waals surface area contributed by atoms with Crippen molar-refractivity contribution in [2.24, 2.45) is 0 Å². The van der Waals surface area contributed by atoms with Gasteiger partial charge in [0.15, 0.2) is 0 Å². The van der Waals surface area contributed by atoms with Crippen LogP contribution in [0, 0.1) is 6.92 Å². The van der Waals surface area contributed by atoms with Crippen molar-refractivity contribution in [2.75, 3.05) is 20.4 Å². The lowest BCUT2D eigenvalue weighted by molar-refractivity contribution is 0.388. The SMILES string of the molecule is CSc1ccc(Oc2ccc(Br)cc2CN(C)C)cc1C. The van der Waals surface area contributed by atoms with E-state index in [1.54, 1.807) is 11.8 Å².